The summed E-state index contributed by atoms with van der Waals surface area (Å²) in [5.74, 6) is -0.554. The monoisotopic (exact) mass is 493 g/mol. The van der Waals surface area contributed by atoms with Crippen LogP contribution in [0.5, 0.6) is 5.75 Å². The van der Waals surface area contributed by atoms with Gasteiger partial charge in [0, 0.05) is 53.8 Å². The number of aromatic nitrogens is 1. The van der Waals surface area contributed by atoms with Crippen LogP contribution >= 0.6 is 11.6 Å². The van der Waals surface area contributed by atoms with Crippen LogP contribution in [0.4, 0.5) is 5.69 Å². The number of para-hydroxylation sites is 2. The highest BCUT2D eigenvalue weighted by molar-refractivity contribution is 6.35. The number of hydrogen-bond donors (Lipinski definition) is 1. The van der Waals surface area contributed by atoms with Crippen LogP contribution in [0.15, 0.2) is 59.7 Å². The number of anilines is 1. The van der Waals surface area contributed by atoms with E-state index in [1.807, 2.05) is 68.4 Å². The van der Waals surface area contributed by atoms with Crippen LogP contribution in [0.1, 0.15) is 17.0 Å². The van der Waals surface area contributed by atoms with Crippen LogP contribution in [0.25, 0.3) is 5.69 Å². The first-order valence-electron chi connectivity index (χ1n) is 11.3. The van der Waals surface area contributed by atoms with Gasteiger partial charge in [0.15, 0.2) is 0 Å². The molecule has 8 nitrogen and oxygen atoms in total. The highest BCUT2D eigenvalue weighted by Crippen LogP contribution is 2.28. The molecule has 1 fully saturated rings. The third-order valence-electron chi connectivity index (χ3n) is 6.11. The van der Waals surface area contributed by atoms with E-state index in [9.17, 15) is 9.59 Å². The summed E-state index contributed by atoms with van der Waals surface area (Å²) in [6.45, 7) is 6.06. The van der Waals surface area contributed by atoms with Gasteiger partial charge in [0.2, 0.25) is 0 Å². The van der Waals surface area contributed by atoms with E-state index in [0.29, 0.717) is 31.2 Å². The molecule has 1 aliphatic heterocycles. The van der Waals surface area contributed by atoms with Crippen molar-refractivity contribution >= 4 is 35.3 Å². The van der Waals surface area contributed by atoms with Crippen molar-refractivity contribution in [2.24, 2.45) is 5.10 Å². The molecule has 35 heavy (non-hydrogen) atoms. The molecule has 3 aromatic rings. The third kappa shape index (κ3) is 5.33. The van der Waals surface area contributed by atoms with E-state index in [4.69, 9.17) is 16.3 Å². The molecule has 0 aliphatic carbocycles. The largest absolute Gasteiger partial charge is 0.495 e. The number of ether oxygens (including phenoxy) is 1. The Kier molecular flexibility index (Phi) is 7.41. The number of methoxy groups -OCH3 is 1. The first-order chi connectivity index (χ1) is 16.9. The average Bonchev–Trinajstić information content (AvgIpc) is 3.16. The lowest BCUT2D eigenvalue weighted by Crippen LogP contribution is -2.52. The molecule has 0 radical (unpaired) electrons. The van der Waals surface area contributed by atoms with Crippen LogP contribution in [0, 0.1) is 13.8 Å². The van der Waals surface area contributed by atoms with Crippen LogP contribution < -0.4 is 15.1 Å². The number of carbonyl (C=O) groups excluding carboxylic acids is 2. The number of amides is 2. The van der Waals surface area contributed by atoms with Gasteiger partial charge in [-0.1, -0.05) is 23.7 Å². The molecule has 4 rings (SSSR count). The number of carbonyl (C=O) groups is 2. The molecule has 2 amide bonds. The molecular formula is C26H28ClN5O3. The molecule has 1 saturated heterocycles. The molecule has 9 heteroatoms. The van der Waals surface area contributed by atoms with Crippen LogP contribution in [-0.4, -0.2) is 60.8 Å². The van der Waals surface area contributed by atoms with Crippen molar-refractivity contribution < 1.29 is 14.3 Å². The fourth-order valence-electron chi connectivity index (χ4n) is 4.30. The van der Waals surface area contributed by atoms with Crippen molar-refractivity contribution in [1.29, 1.82) is 0 Å². The van der Waals surface area contributed by atoms with E-state index in [1.165, 1.54) is 0 Å². The summed E-state index contributed by atoms with van der Waals surface area (Å²) in [4.78, 5) is 28.7. The van der Waals surface area contributed by atoms with Gasteiger partial charge in [0.1, 0.15) is 5.75 Å². The fraction of sp³-hybridized carbons (Fsp3) is 0.269. The molecule has 0 bridgehead atoms. The number of hydrogen-bond acceptors (Lipinski definition) is 5. The van der Waals surface area contributed by atoms with Crippen molar-refractivity contribution in [3.8, 4) is 11.4 Å². The van der Waals surface area contributed by atoms with E-state index in [1.54, 1.807) is 18.2 Å². The Balaban J connectivity index is 1.34. The molecule has 0 atom stereocenters. The average molecular weight is 494 g/mol. The van der Waals surface area contributed by atoms with E-state index in [0.717, 1.165) is 34.1 Å². The van der Waals surface area contributed by atoms with Gasteiger partial charge >= 0.3 is 11.8 Å². The summed E-state index contributed by atoms with van der Waals surface area (Å²) in [5.41, 5.74) is 7.15. The second-order valence-corrected chi connectivity index (χ2v) is 8.72. The predicted octanol–water partition coefficient (Wildman–Crippen LogP) is 3.56. The highest BCUT2D eigenvalue weighted by Gasteiger charge is 2.27. The lowest BCUT2D eigenvalue weighted by atomic mass is 10.2. The van der Waals surface area contributed by atoms with Gasteiger partial charge in [-0.15, -0.1) is 0 Å². The SMILES string of the molecule is COc1ccccc1N1CCN(C(=O)C(=O)N/N=C\c2cc(C)n(-c3ccc(Cl)cc3)c2C)CC1. The quantitative estimate of drug-likeness (QED) is 0.335. The molecule has 2 heterocycles. The van der Waals surface area contributed by atoms with Crippen molar-refractivity contribution in [2.45, 2.75) is 13.8 Å². The second-order valence-electron chi connectivity index (χ2n) is 8.29. The van der Waals surface area contributed by atoms with Crippen LogP contribution in [0.2, 0.25) is 5.02 Å². The fourth-order valence-corrected chi connectivity index (χ4v) is 4.43. The molecule has 2 aromatic carbocycles. The summed E-state index contributed by atoms with van der Waals surface area (Å²) >= 11 is 6.00. The molecule has 1 aromatic heterocycles. The van der Waals surface area contributed by atoms with Gasteiger partial charge in [-0.3, -0.25) is 9.59 Å². The lowest BCUT2D eigenvalue weighted by molar-refractivity contribution is -0.146. The Morgan fingerprint density at radius 3 is 2.40 bits per heavy atom. The van der Waals surface area contributed by atoms with E-state index in [-0.39, 0.29) is 0 Å². The number of nitrogens with one attached hydrogen (secondary N) is 1. The summed E-state index contributed by atoms with van der Waals surface area (Å²) in [6, 6.07) is 17.3. The molecule has 1 N–H and O–H groups in total. The van der Waals surface area contributed by atoms with Crippen LogP contribution in [-0.2, 0) is 9.59 Å². The third-order valence-corrected chi connectivity index (χ3v) is 6.36. The molecular weight excluding hydrogens is 466 g/mol. The van der Waals surface area contributed by atoms with Gasteiger partial charge in [0.25, 0.3) is 0 Å². The van der Waals surface area contributed by atoms with Crippen molar-refractivity contribution in [2.75, 3.05) is 38.2 Å². The number of aryl methyl sites for hydroxylation is 1. The molecule has 0 unspecified atom stereocenters. The Morgan fingerprint density at radius 1 is 1.03 bits per heavy atom. The van der Waals surface area contributed by atoms with E-state index in [2.05, 4.69) is 20.0 Å². The van der Waals surface area contributed by atoms with Gasteiger partial charge in [-0.05, 0) is 56.3 Å². The molecule has 1 aliphatic rings. The number of benzene rings is 2. The minimum Gasteiger partial charge on any atom is -0.495 e. The van der Waals surface area contributed by atoms with E-state index < -0.39 is 11.8 Å². The number of piperazine rings is 1. The summed E-state index contributed by atoms with van der Waals surface area (Å²) in [5, 5.41) is 4.71. The topological polar surface area (TPSA) is 79.2 Å². The van der Waals surface area contributed by atoms with Gasteiger partial charge < -0.3 is 19.1 Å². The molecule has 182 valence electrons. The first-order valence-corrected chi connectivity index (χ1v) is 11.7. The Hall–Kier alpha value is -3.78. The standard InChI is InChI=1S/C26H28ClN5O3/c1-18-16-20(19(2)32(18)22-10-8-21(27)9-11-22)17-28-29-25(33)26(34)31-14-12-30(13-15-31)23-6-4-5-7-24(23)35-3/h4-11,16-17H,12-15H2,1-3H3,(H,29,33)/b28-17-. The minimum atomic E-state index is -0.751. The molecule has 0 spiro atoms. The van der Waals surface area contributed by atoms with Crippen molar-refractivity contribution in [3.05, 3.63) is 76.6 Å². The highest BCUT2D eigenvalue weighted by atomic mass is 35.5. The Morgan fingerprint density at radius 2 is 1.71 bits per heavy atom. The van der Waals surface area contributed by atoms with Crippen LogP contribution in [0.3, 0.4) is 0 Å². The maximum Gasteiger partial charge on any atom is 0.329 e. The summed E-state index contributed by atoms with van der Waals surface area (Å²) in [7, 11) is 1.64. The summed E-state index contributed by atoms with van der Waals surface area (Å²) in [6.07, 6.45) is 1.56. The van der Waals surface area contributed by atoms with Crippen molar-refractivity contribution in [3.63, 3.8) is 0 Å². The maximum absolute atomic E-state index is 12.6. The van der Waals surface area contributed by atoms with Gasteiger partial charge in [-0.25, -0.2) is 5.43 Å². The van der Waals surface area contributed by atoms with E-state index >= 15 is 0 Å². The lowest BCUT2D eigenvalue weighted by Gasteiger charge is -2.36. The number of halogens is 1. The van der Waals surface area contributed by atoms with Gasteiger partial charge in [0.05, 0.1) is 19.0 Å². The normalized spacial score (nSPS) is 13.8. The zero-order chi connectivity index (χ0) is 24.9. The molecule has 0 saturated carbocycles. The number of nitrogens with zero attached hydrogens (tertiary/aromatic N) is 4. The summed E-state index contributed by atoms with van der Waals surface area (Å²) < 4.78 is 7.51. The van der Waals surface area contributed by atoms with Gasteiger partial charge in [-0.2, -0.15) is 5.10 Å². The Bertz CT molecular complexity index is 1240. The minimum absolute atomic E-state index is 0.441. The maximum atomic E-state index is 12.6. The predicted molar refractivity (Wildman–Crippen MR) is 138 cm³/mol. The number of rotatable bonds is 5. The zero-order valence-corrected chi connectivity index (χ0v) is 20.7. The zero-order valence-electron chi connectivity index (χ0n) is 20.0. The number of hydrazone groups is 1. The second kappa shape index (κ2) is 10.7. The van der Waals surface area contributed by atoms with Crippen molar-refractivity contribution in [1.82, 2.24) is 14.9 Å². The smallest absolute Gasteiger partial charge is 0.329 e. The first kappa shape index (κ1) is 24.3. The Labute approximate surface area is 209 Å².